The lowest BCUT2D eigenvalue weighted by molar-refractivity contribution is -0.113. The molecule has 2 saturated heterocycles. The van der Waals surface area contributed by atoms with Gasteiger partial charge in [0.1, 0.15) is 30.6 Å². The summed E-state index contributed by atoms with van der Waals surface area (Å²) in [7, 11) is 0. The molecular weight excluding hydrogens is 693 g/mol. The molecule has 0 unspecified atom stereocenters. The van der Waals surface area contributed by atoms with Gasteiger partial charge in [-0.15, -0.1) is 0 Å². The summed E-state index contributed by atoms with van der Waals surface area (Å²) in [5, 5.41) is 12.3. The van der Waals surface area contributed by atoms with Gasteiger partial charge in [0.15, 0.2) is 0 Å². The monoisotopic (exact) mass is 738 g/mol. The highest BCUT2D eigenvalue weighted by Crippen LogP contribution is 2.31. The molecule has 4 aliphatic heterocycles. The molecule has 0 radical (unpaired) electrons. The summed E-state index contributed by atoms with van der Waals surface area (Å²) < 4.78 is 10.5. The van der Waals surface area contributed by atoms with Crippen LogP contribution in [0.4, 0.5) is 23.0 Å². The van der Waals surface area contributed by atoms with Crippen molar-refractivity contribution in [3.8, 4) is 0 Å². The van der Waals surface area contributed by atoms with Gasteiger partial charge in [-0.2, -0.15) is 0 Å². The smallest absolute Gasteiger partial charge is 0.138 e. The number of aromatic nitrogens is 6. The second-order valence-electron chi connectivity index (χ2n) is 14.3. The molecule has 0 bridgehead atoms. The zero-order valence-electron chi connectivity index (χ0n) is 30.9. The number of fused-ring (bicyclic) bond motifs is 4. The van der Waals surface area contributed by atoms with Gasteiger partial charge in [-0.3, -0.25) is 14.9 Å². The van der Waals surface area contributed by atoms with E-state index < -0.39 is 0 Å². The molecule has 6 aromatic rings. The third-order valence-corrected chi connectivity index (χ3v) is 10.4. The first-order valence-corrected chi connectivity index (χ1v) is 19.1. The number of pyridine rings is 2. The van der Waals surface area contributed by atoms with E-state index in [9.17, 15) is 4.79 Å². The number of anilines is 4. The molecule has 0 atom stereocenters. The molecule has 2 aromatic carbocycles. The lowest BCUT2D eigenvalue weighted by Gasteiger charge is -2.26. The second kappa shape index (κ2) is 17.8. The summed E-state index contributed by atoms with van der Waals surface area (Å²) in [5.74, 6) is 2.76. The van der Waals surface area contributed by atoms with Crippen LogP contribution in [-0.4, -0.2) is 74.1 Å². The van der Waals surface area contributed by atoms with Crippen LogP contribution in [0.1, 0.15) is 48.2 Å². The molecule has 8 heterocycles. The number of nitrogens with one attached hydrogen (secondary N) is 3. The van der Waals surface area contributed by atoms with Gasteiger partial charge >= 0.3 is 0 Å². The van der Waals surface area contributed by atoms with E-state index in [1.54, 1.807) is 12.7 Å². The van der Waals surface area contributed by atoms with Crippen LogP contribution in [0, 0.1) is 11.8 Å². The van der Waals surface area contributed by atoms with Crippen LogP contribution in [0.2, 0.25) is 0 Å². The minimum absolute atomic E-state index is 0.281. The number of carbonyl (C=O) groups excluding carboxylic acids is 1. The molecule has 2 fully saturated rings. The molecule has 3 N–H and O–H groups in total. The van der Waals surface area contributed by atoms with Crippen molar-refractivity contribution in [2.75, 3.05) is 43.6 Å². The Hall–Kier alpha value is -5.47. The Labute approximate surface area is 320 Å². The third kappa shape index (κ3) is 9.26. The highest BCUT2D eigenvalue weighted by atomic mass is 16.5. The van der Waals surface area contributed by atoms with Crippen LogP contribution in [0.3, 0.4) is 0 Å². The van der Waals surface area contributed by atoms with E-state index >= 15 is 0 Å². The van der Waals surface area contributed by atoms with Crippen molar-refractivity contribution in [2.24, 2.45) is 11.8 Å². The molecule has 4 aliphatic rings. The Balaban J connectivity index is 0.000000133. The van der Waals surface area contributed by atoms with Crippen molar-refractivity contribution in [1.82, 2.24) is 40.1 Å². The van der Waals surface area contributed by atoms with Crippen LogP contribution in [0.15, 0.2) is 85.7 Å². The first-order valence-electron chi connectivity index (χ1n) is 19.1. The Morgan fingerprint density at radius 2 is 1.25 bits per heavy atom. The number of hydrogen-bond donors (Lipinski definition) is 3. The summed E-state index contributed by atoms with van der Waals surface area (Å²) in [4.78, 5) is 39.2. The minimum Gasteiger partial charge on any atom is -0.381 e. The van der Waals surface area contributed by atoms with Gasteiger partial charge in [0.25, 0.3) is 0 Å². The van der Waals surface area contributed by atoms with Gasteiger partial charge in [0.05, 0.1) is 46.2 Å². The molecule has 0 saturated carbocycles. The average Bonchev–Trinajstić information content (AvgIpc) is 3.90. The minimum atomic E-state index is 0.281. The van der Waals surface area contributed by atoms with Crippen molar-refractivity contribution >= 4 is 51.1 Å². The fraction of sp³-hybridized carbons (Fsp3) is 0.357. The molecule has 13 heteroatoms. The molecule has 0 aliphatic carbocycles. The summed E-state index contributed by atoms with van der Waals surface area (Å²) >= 11 is 0. The summed E-state index contributed by atoms with van der Waals surface area (Å²) in [5.41, 5.74) is 8.43. The maximum atomic E-state index is 10.1. The van der Waals surface area contributed by atoms with E-state index in [1.165, 1.54) is 5.56 Å². The first-order chi connectivity index (χ1) is 27.2. The quantitative estimate of drug-likeness (QED) is 0.153. The van der Waals surface area contributed by atoms with Gasteiger partial charge in [-0.1, -0.05) is 36.4 Å². The van der Waals surface area contributed by atoms with Gasteiger partial charge in [-0.05, 0) is 55.9 Å². The zero-order valence-corrected chi connectivity index (χ0v) is 30.9. The summed E-state index contributed by atoms with van der Waals surface area (Å²) in [6.45, 7) is 7.85. The van der Waals surface area contributed by atoms with E-state index in [-0.39, 0.29) is 5.92 Å². The van der Waals surface area contributed by atoms with E-state index in [0.717, 1.165) is 159 Å². The molecule has 0 amide bonds. The van der Waals surface area contributed by atoms with E-state index in [4.69, 9.17) is 9.47 Å². The standard InChI is InChI=1S/C21H23N5O.C15H13N5.C6H10O2/c1-2-4-19-16(3-1)9-17(10-22-19)25-21-18-12-26(13-20(18)23-14-24-21)11-15-5-7-27-8-6-15;1-2-4-13-10(3-1)5-11(6-17-13)20-15-12-7-16-8-14(12)18-9-19-15;7-5-6-1-3-8-4-2-6/h1-4,9-10,14-15H,5-8,11-13H2,(H,23,24,25);1-6,9,16H,7-8H2,(H,18,19,20);5-6H,1-4H2. The predicted molar refractivity (Wildman–Crippen MR) is 212 cm³/mol. The number of carbonyl (C=O) groups is 1. The zero-order chi connectivity index (χ0) is 37.2. The Kier molecular flexibility index (Phi) is 11.8. The summed E-state index contributed by atoms with van der Waals surface area (Å²) in [6, 6.07) is 20.4. The van der Waals surface area contributed by atoms with E-state index in [1.807, 2.05) is 48.8 Å². The molecule has 55 heavy (non-hydrogen) atoms. The Bertz CT molecular complexity index is 2220. The molecule has 4 aromatic heterocycles. The van der Waals surface area contributed by atoms with Crippen molar-refractivity contribution in [3.05, 3.63) is 108 Å². The van der Waals surface area contributed by atoms with Crippen LogP contribution in [0.5, 0.6) is 0 Å². The van der Waals surface area contributed by atoms with Crippen molar-refractivity contribution in [1.29, 1.82) is 0 Å². The predicted octanol–water partition coefficient (Wildman–Crippen LogP) is 6.49. The number of nitrogens with zero attached hydrogens (tertiary/aromatic N) is 7. The Morgan fingerprint density at radius 3 is 1.87 bits per heavy atom. The van der Waals surface area contributed by atoms with Crippen LogP contribution in [-0.2, 0) is 40.4 Å². The number of para-hydroxylation sites is 2. The second-order valence-corrected chi connectivity index (χ2v) is 14.3. The molecular formula is C42H46N10O3. The van der Waals surface area contributed by atoms with Gasteiger partial charge < -0.3 is 30.2 Å². The fourth-order valence-corrected chi connectivity index (χ4v) is 7.38. The van der Waals surface area contributed by atoms with Crippen molar-refractivity contribution < 1.29 is 14.3 Å². The number of hydrogen-bond acceptors (Lipinski definition) is 13. The van der Waals surface area contributed by atoms with Gasteiger partial charge in [-0.25, -0.2) is 19.9 Å². The maximum absolute atomic E-state index is 10.1. The normalized spacial score (nSPS) is 17.0. The van der Waals surface area contributed by atoms with Crippen LogP contribution < -0.4 is 16.0 Å². The lowest BCUT2D eigenvalue weighted by Crippen LogP contribution is -2.28. The largest absolute Gasteiger partial charge is 0.381 e. The summed E-state index contributed by atoms with van der Waals surface area (Å²) in [6.07, 6.45) is 12.1. The number of ether oxygens (including phenoxy) is 2. The molecule has 10 rings (SSSR count). The highest BCUT2D eigenvalue weighted by Gasteiger charge is 2.27. The van der Waals surface area contributed by atoms with Crippen molar-refractivity contribution in [2.45, 2.75) is 51.9 Å². The Morgan fingerprint density at radius 1 is 0.673 bits per heavy atom. The lowest BCUT2D eigenvalue weighted by atomic mass is 10.00. The molecule has 0 spiro atoms. The molecule has 13 nitrogen and oxygen atoms in total. The van der Waals surface area contributed by atoms with Crippen LogP contribution in [0.25, 0.3) is 21.8 Å². The van der Waals surface area contributed by atoms with E-state index in [0.29, 0.717) is 0 Å². The first kappa shape index (κ1) is 36.5. The highest BCUT2D eigenvalue weighted by molar-refractivity contribution is 5.83. The molecule has 282 valence electrons. The SMILES string of the molecule is O=CC1CCOCC1.c1ccc2ncc(Nc3ncnc4c3CN(CC3CCOCC3)C4)cc2c1.c1ccc2ncc(Nc3ncnc4c3CNC4)cc2c1. The van der Waals surface area contributed by atoms with E-state index in [2.05, 4.69) is 75.0 Å². The van der Waals surface area contributed by atoms with Crippen molar-refractivity contribution in [3.63, 3.8) is 0 Å². The maximum Gasteiger partial charge on any atom is 0.138 e. The number of aldehydes is 1. The van der Waals surface area contributed by atoms with Gasteiger partial charge in [0, 0.05) is 87.0 Å². The third-order valence-electron chi connectivity index (χ3n) is 10.4. The number of benzene rings is 2. The topological polar surface area (TPSA) is 152 Å². The fourth-order valence-electron chi connectivity index (χ4n) is 7.38. The van der Waals surface area contributed by atoms with Gasteiger partial charge in [0.2, 0.25) is 0 Å². The average molecular weight is 739 g/mol. The van der Waals surface area contributed by atoms with Crippen LogP contribution >= 0.6 is 0 Å². The number of rotatable bonds is 7.